The zero-order valence-electron chi connectivity index (χ0n) is 13.8. The van der Waals surface area contributed by atoms with Crippen molar-refractivity contribution in [3.8, 4) is 11.1 Å². The fourth-order valence-corrected chi connectivity index (χ4v) is 3.35. The van der Waals surface area contributed by atoms with Crippen LogP contribution in [0.4, 0.5) is 9.18 Å². The number of thiophene rings is 1. The molecule has 0 fully saturated rings. The fourth-order valence-electron chi connectivity index (χ4n) is 2.44. The van der Waals surface area contributed by atoms with Gasteiger partial charge < -0.3 is 5.32 Å². The first-order chi connectivity index (χ1) is 12.5. The van der Waals surface area contributed by atoms with E-state index in [0.29, 0.717) is 21.3 Å². The average Bonchev–Trinajstić information content (AvgIpc) is 3.06. The molecule has 2 aromatic heterocycles. The molecule has 2 heterocycles. The van der Waals surface area contributed by atoms with E-state index in [-0.39, 0.29) is 24.3 Å². The number of fused-ring (bicyclic) bond motifs is 1. The van der Waals surface area contributed by atoms with Crippen molar-refractivity contribution in [1.29, 1.82) is 0 Å². The number of amides is 3. The van der Waals surface area contributed by atoms with E-state index in [1.807, 2.05) is 0 Å². The van der Waals surface area contributed by atoms with E-state index < -0.39 is 11.9 Å². The molecule has 3 aromatic rings. The molecule has 9 heteroatoms. The lowest BCUT2D eigenvalue weighted by Gasteiger charge is -2.07. The van der Waals surface area contributed by atoms with Gasteiger partial charge in [0.1, 0.15) is 10.6 Å². The van der Waals surface area contributed by atoms with Crippen LogP contribution in [-0.2, 0) is 11.3 Å². The van der Waals surface area contributed by atoms with Gasteiger partial charge in [-0.05, 0) is 17.7 Å². The number of nitrogens with zero attached hydrogens (tertiary/aromatic N) is 2. The van der Waals surface area contributed by atoms with E-state index in [9.17, 15) is 18.8 Å². The maximum absolute atomic E-state index is 13.1. The van der Waals surface area contributed by atoms with Crippen molar-refractivity contribution in [1.82, 2.24) is 20.2 Å². The van der Waals surface area contributed by atoms with E-state index in [2.05, 4.69) is 15.6 Å². The highest BCUT2D eigenvalue weighted by atomic mass is 32.1. The van der Waals surface area contributed by atoms with Gasteiger partial charge in [-0.15, -0.1) is 11.3 Å². The molecule has 0 radical (unpaired) electrons. The number of imide groups is 1. The lowest BCUT2D eigenvalue weighted by Crippen LogP contribution is -2.38. The third-order valence-electron chi connectivity index (χ3n) is 3.78. The lowest BCUT2D eigenvalue weighted by atomic mass is 10.1. The standard InChI is InChI=1S/C17H15FN4O3S/c1-19-17(25)21-13(23)6-7-22-9-20-15-14(16(22)24)12(8-26-15)10-2-4-11(18)5-3-10/h2-5,8-9H,6-7H2,1H3,(H2,19,21,23,25). The van der Waals surface area contributed by atoms with Crippen LogP contribution in [0.1, 0.15) is 6.42 Å². The third-order valence-corrected chi connectivity index (χ3v) is 4.66. The molecule has 0 spiro atoms. The van der Waals surface area contributed by atoms with E-state index >= 15 is 0 Å². The van der Waals surface area contributed by atoms with E-state index in [0.717, 1.165) is 0 Å². The van der Waals surface area contributed by atoms with Crippen LogP contribution in [-0.4, -0.2) is 28.5 Å². The number of carbonyl (C=O) groups is 2. The van der Waals surface area contributed by atoms with Crippen LogP contribution >= 0.6 is 11.3 Å². The van der Waals surface area contributed by atoms with Crippen molar-refractivity contribution in [2.45, 2.75) is 13.0 Å². The molecule has 26 heavy (non-hydrogen) atoms. The van der Waals surface area contributed by atoms with Gasteiger partial charge in [0.05, 0.1) is 11.7 Å². The molecule has 0 saturated heterocycles. The second-order valence-electron chi connectivity index (χ2n) is 5.46. The van der Waals surface area contributed by atoms with Crippen molar-refractivity contribution < 1.29 is 14.0 Å². The van der Waals surface area contributed by atoms with Gasteiger partial charge >= 0.3 is 6.03 Å². The minimum atomic E-state index is -0.604. The number of nitrogens with one attached hydrogen (secondary N) is 2. The summed E-state index contributed by atoms with van der Waals surface area (Å²) >= 11 is 1.32. The molecule has 134 valence electrons. The number of aromatic nitrogens is 2. The summed E-state index contributed by atoms with van der Waals surface area (Å²) in [5.41, 5.74) is 1.10. The van der Waals surface area contributed by atoms with Crippen LogP contribution in [0.25, 0.3) is 21.3 Å². The number of aryl methyl sites for hydroxylation is 1. The molecule has 0 aliphatic heterocycles. The van der Waals surface area contributed by atoms with Gasteiger partial charge in [0, 0.05) is 31.0 Å². The highest BCUT2D eigenvalue weighted by Crippen LogP contribution is 2.30. The molecule has 0 aliphatic rings. The lowest BCUT2D eigenvalue weighted by molar-refractivity contribution is -0.120. The van der Waals surface area contributed by atoms with E-state index in [1.54, 1.807) is 17.5 Å². The Balaban J connectivity index is 1.89. The average molecular weight is 374 g/mol. The monoisotopic (exact) mass is 374 g/mol. The SMILES string of the molecule is CNC(=O)NC(=O)CCn1cnc2scc(-c3ccc(F)cc3)c2c1=O. The van der Waals surface area contributed by atoms with Gasteiger partial charge in [-0.1, -0.05) is 12.1 Å². The number of hydrogen-bond acceptors (Lipinski definition) is 5. The Morgan fingerprint density at radius 3 is 2.69 bits per heavy atom. The van der Waals surface area contributed by atoms with Crippen molar-refractivity contribution >= 4 is 33.5 Å². The second-order valence-corrected chi connectivity index (χ2v) is 6.31. The summed E-state index contributed by atoms with van der Waals surface area (Å²) in [6, 6.07) is 5.26. The van der Waals surface area contributed by atoms with E-state index in [4.69, 9.17) is 0 Å². The van der Waals surface area contributed by atoms with Crippen molar-refractivity contribution in [3.05, 3.63) is 52.1 Å². The Hall–Kier alpha value is -3.07. The molecule has 0 saturated carbocycles. The maximum Gasteiger partial charge on any atom is 0.321 e. The Morgan fingerprint density at radius 2 is 2.00 bits per heavy atom. The Kier molecular flexibility index (Phi) is 5.08. The number of halogens is 1. The predicted molar refractivity (Wildman–Crippen MR) is 96.5 cm³/mol. The normalized spacial score (nSPS) is 10.7. The summed E-state index contributed by atoms with van der Waals surface area (Å²) in [5.74, 6) is -0.855. The zero-order chi connectivity index (χ0) is 18.7. The summed E-state index contributed by atoms with van der Waals surface area (Å²) in [6.45, 7) is 0.0866. The van der Waals surface area contributed by atoms with Gasteiger partial charge in [0.2, 0.25) is 5.91 Å². The first-order valence-corrected chi connectivity index (χ1v) is 8.61. The van der Waals surface area contributed by atoms with Crippen LogP contribution in [0.3, 0.4) is 0 Å². The Morgan fingerprint density at radius 1 is 1.27 bits per heavy atom. The summed E-state index contributed by atoms with van der Waals surface area (Å²) in [7, 11) is 1.40. The highest BCUT2D eigenvalue weighted by molar-refractivity contribution is 7.17. The number of carbonyl (C=O) groups excluding carboxylic acids is 2. The van der Waals surface area contributed by atoms with Gasteiger partial charge in [-0.3, -0.25) is 19.5 Å². The molecule has 3 rings (SSSR count). The van der Waals surface area contributed by atoms with Gasteiger partial charge in [-0.25, -0.2) is 14.2 Å². The largest absolute Gasteiger partial charge is 0.341 e. The molecule has 2 N–H and O–H groups in total. The van der Waals surface area contributed by atoms with Gasteiger partial charge in [0.25, 0.3) is 5.56 Å². The summed E-state index contributed by atoms with van der Waals surface area (Å²) in [6.07, 6.45) is 1.33. The quantitative estimate of drug-likeness (QED) is 0.731. The van der Waals surface area contributed by atoms with Crippen LogP contribution in [0, 0.1) is 5.82 Å². The number of rotatable bonds is 4. The number of benzene rings is 1. The van der Waals surface area contributed by atoms with Gasteiger partial charge in [0.15, 0.2) is 0 Å². The van der Waals surface area contributed by atoms with Crippen molar-refractivity contribution in [2.24, 2.45) is 0 Å². The van der Waals surface area contributed by atoms with Gasteiger partial charge in [-0.2, -0.15) is 0 Å². The molecular formula is C17H15FN4O3S. The van der Waals surface area contributed by atoms with Crippen LogP contribution in [0.5, 0.6) is 0 Å². The maximum atomic E-state index is 13.1. The minimum absolute atomic E-state index is 0.0451. The van der Waals surface area contributed by atoms with Crippen LogP contribution < -0.4 is 16.2 Å². The van der Waals surface area contributed by atoms with E-state index in [1.165, 1.54) is 41.4 Å². The summed E-state index contributed by atoms with van der Waals surface area (Å²) in [4.78, 5) is 40.4. The topological polar surface area (TPSA) is 93.1 Å². The third kappa shape index (κ3) is 3.62. The number of hydrogen-bond donors (Lipinski definition) is 2. The van der Waals surface area contributed by atoms with Crippen LogP contribution in [0.2, 0.25) is 0 Å². The van der Waals surface area contributed by atoms with Crippen molar-refractivity contribution in [3.63, 3.8) is 0 Å². The van der Waals surface area contributed by atoms with Crippen LogP contribution in [0.15, 0.2) is 40.8 Å². The molecule has 0 unspecified atom stereocenters. The molecular weight excluding hydrogens is 359 g/mol. The zero-order valence-corrected chi connectivity index (χ0v) is 14.6. The second kappa shape index (κ2) is 7.44. The summed E-state index contributed by atoms with van der Waals surface area (Å²) < 4.78 is 14.5. The molecule has 0 bridgehead atoms. The summed E-state index contributed by atoms with van der Waals surface area (Å²) in [5, 5.41) is 6.64. The first kappa shape index (κ1) is 17.7. The predicted octanol–water partition coefficient (Wildman–Crippen LogP) is 2.11. The smallest absolute Gasteiger partial charge is 0.321 e. The molecule has 7 nitrogen and oxygen atoms in total. The Bertz CT molecular complexity index is 1030. The van der Waals surface area contributed by atoms with Crippen molar-refractivity contribution in [2.75, 3.05) is 7.05 Å². The Labute approximate surface area is 151 Å². The number of urea groups is 1. The molecule has 3 amide bonds. The minimum Gasteiger partial charge on any atom is -0.341 e. The molecule has 0 aliphatic carbocycles. The highest BCUT2D eigenvalue weighted by Gasteiger charge is 2.14. The molecule has 1 aromatic carbocycles. The fraction of sp³-hybridized carbons (Fsp3) is 0.176. The molecule has 0 atom stereocenters. The first-order valence-electron chi connectivity index (χ1n) is 7.73.